The van der Waals surface area contributed by atoms with Crippen molar-refractivity contribution in [3.05, 3.63) is 69.0 Å². The van der Waals surface area contributed by atoms with Crippen LogP contribution < -0.4 is 5.32 Å². The van der Waals surface area contributed by atoms with Gasteiger partial charge < -0.3 is 10.1 Å². The summed E-state index contributed by atoms with van der Waals surface area (Å²) in [4.78, 5) is 33.8. The normalized spacial score (nSPS) is 10.3. The summed E-state index contributed by atoms with van der Waals surface area (Å²) in [7, 11) is 0. The maximum absolute atomic E-state index is 13.5. The summed E-state index contributed by atoms with van der Waals surface area (Å²) < 4.78 is 44.1. The van der Waals surface area contributed by atoms with Crippen LogP contribution in [0.5, 0.6) is 0 Å². The minimum absolute atomic E-state index is 0.0505. The highest BCUT2D eigenvalue weighted by Gasteiger charge is 2.20. The highest BCUT2D eigenvalue weighted by molar-refractivity contribution is 5.96. The molecule has 136 valence electrons. The quantitative estimate of drug-likeness (QED) is 0.378. The molecule has 7 nitrogen and oxygen atoms in total. The van der Waals surface area contributed by atoms with Gasteiger partial charge in [0.2, 0.25) is 0 Å². The first-order chi connectivity index (χ1) is 12.2. The molecule has 0 atom stereocenters. The number of nitrogens with one attached hydrogen (secondary N) is 1. The molecule has 1 amide bonds. The smallest absolute Gasteiger partial charge is 0.339 e. The van der Waals surface area contributed by atoms with Crippen LogP contribution in [0.2, 0.25) is 0 Å². The van der Waals surface area contributed by atoms with Crippen LogP contribution in [0, 0.1) is 34.5 Å². The molecule has 0 radical (unpaired) electrons. The molecule has 0 fully saturated rings. The number of nitro groups is 1. The van der Waals surface area contributed by atoms with Gasteiger partial charge in [0.25, 0.3) is 11.6 Å². The van der Waals surface area contributed by atoms with E-state index in [2.05, 4.69) is 0 Å². The number of amides is 1. The van der Waals surface area contributed by atoms with Crippen molar-refractivity contribution >= 4 is 23.3 Å². The summed E-state index contributed by atoms with van der Waals surface area (Å²) in [5.41, 5.74) is -0.996. The molecule has 0 bridgehead atoms. The first-order valence-corrected chi connectivity index (χ1v) is 7.07. The van der Waals surface area contributed by atoms with Gasteiger partial charge >= 0.3 is 5.97 Å². The summed E-state index contributed by atoms with van der Waals surface area (Å²) in [6.45, 7) is 0.477. The SMILES string of the molecule is Cc1c(C(=O)OCC(=O)Nc2ccc(F)c(F)c2F)cccc1[N+](=O)[O-]. The van der Waals surface area contributed by atoms with Crippen LogP contribution in [-0.2, 0) is 9.53 Å². The second-order valence-corrected chi connectivity index (χ2v) is 5.05. The van der Waals surface area contributed by atoms with Gasteiger partial charge in [0.15, 0.2) is 24.1 Å². The third-order valence-corrected chi connectivity index (χ3v) is 3.37. The number of anilines is 1. The van der Waals surface area contributed by atoms with Crippen molar-refractivity contribution in [1.29, 1.82) is 0 Å². The van der Waals surface area contributed by atoms with Crippen LogP contribution in [0.1, 0.15) is 15.9 Å². The minimum atomic E-state index is -1.76. The van der Waals surface area contributed by atoms with Crippen LogP contribution in [0.3, 0.4) is 0 Å². The molecule has 0 saturated carbocycles. The Hall–Kier alpha value is -3.43. The zero-order valence-electron chi connectivity index (χ0n) is 13.2. The Morgan fingerprint density at radius 2 is 1.85 bits per heavy atom. The molecule has 1 N–H and O–H groups in total. The number of rotatable bonds is 5. The van der Waals surface area contributed by atoms with Gasteiger partial charge in [-0.15, -0.1) is 0 Å². The zero-order chi connectivity index (χ0) is 19.4. The number of esters is 1. The molecule has 0 saturated heterocycles. The predicted octanol–water partition coefficient (Wildman–Crippen LogP) is 3.12. The molecule has 2 aromatic carbocycles. The molecule has 0 unspecified atom stereocenters. The first-order valence-electron chi connectivity index (χ1n) is 7.07. The third kappa shape index (κ3) is 3.97. The molecule has 2 aromatic rings. The number of carbonyl (C=O) groups excluding carboxylic acids is 2. The number of hydrogen-bond acceptors (Lipinski definition) is 5. The third-order valence-electron chi connectivity index (χ3n) is 3.37. The number of ether oxygens (including phenoxy) is 1. The van der Waals surface area contributed by atoms with Gasteiger partial charge in [-0.25, -0.2) is 18.0 Å². The fourth-order valence-electron chi connectivity index (χ4n) is 2.06. The van der Waals surface area contributed by atoms with Crippen molar-refractivity contribution in [2.75, 3.05) is 11.9 Å². The standard InChI is InChI=1S/C16H11F3N2O5/c1-8-9(3-2-4-12(8)21(24)25)16(23)26-7-13(22)20-11-6-5-10(17)14(18)15(11)19/h2-6H,7H2,1H3,(H,20,22). The number of nitrogens with zero attached hydrogens (tertiary/aromatic N) is 1. The van der Waals surface area contributed by atoms with Crippen LogP contribution >= 0.6 is 0 Å². The number of carbonyl (C=O) groups is 2. The Morgan fingerprint density at radius 1 is 1.15 bits per heavy atom. The second kappa shape index (κ2) is 7.64. The summed E-state index contributed by atoms with van der Waals surface area (Å²) in [5.74, 6) is -6.79. The Bertz CT molecular complexity index is 902. The predicted molar refractivity (Wildman–Crippen MR) is 83.1 cm³/mol. The fraction of sp³-hybridized carbons (Fsp3) is 0.125. The summed E-state index contributed by atoms with van der Waals surface area (Å²) in [6.07, 6.45) is 0. The Morgan fingerprint density at radius 3 is 2.50 bits per heavy atom. The highest BCUT2D eigenvalue weighted by atomic mass is 19.2. The summed E-state index contributed by atoms with van der Waals surface area (Å²) >= 11 is 0. The van der Waals surface area contributed by atoms with Crippen LogP contribution in [0.25, 0.3) is 0 Å². The maximum atomic E-state index is 13.5. The largest absolute Gasteiger partial charge is 0.452 e. The zero-order valence-corrected chi connectivity index (χ0v) is 13.2. The number of benzene rings is 2. The van der Waals surface area contributed by atoms with Crippen molar-refractivity contribution in [2.24, 2.45) is 0 Å². The van der Waals surface area contributed by atoms with Crippen LogP contribution in [0.4, 0.5) is 24.5 Å². The van der Waals surface area contributed by atoms with Crippen molar-refractivity contribution < 1.29 is 32.4 Å². The van der Waals surface area contributed by atoms with Crippen molar-refractivity contribution in [3.63, 3.8) is 0 Å². The van der Waals surface area contributed by atoms with E-state index in [0.29, 0.717) is 6.07 Å². The lowest BCUT2D eigenvalue weighted by Crippen LogP contribution is -2.22. The molecule has 0 heterocycles. The van der Waals surface area contributed by atoms with E-state index in [9.17, 15) is 32.9 Å². The van der Waals surface area contributed by atoms with E-state index in [1.165, 1.54) is 25.1 Å². The Balaban J connectivity index is 2.04. The molecule has 0 aromatic heterocycles. The molecule has 2 rings (SSSR count). The molecular weight excluding hydrogens is 357 g/mol. The van der Waals surface area contributed by atoms with E-state index in [4.69, 9.17) is 4.74 Å². The molecular formula is C16H11F3N2O5. The Labute approximate surface area is 144 Å². The van der Waals surface area contributed by atoms with E-state index in [0.717, 1.165) is 6.07 Å². The van der Waals surface area contributed by atoms with E-state index >= 15 is 0 Å². The maximum Gasteiger partial charge on any atom is 0.339 e. The van der Waals surface area contributed by atoms with Gasteiger partial charge in [0.05, 0.1) is 16.2 Å². The number of nitro benzene ring substituents is 1. The van der Waals surface area contributed by atoms with E-state index in [1.54, 1.807) is 0 Å². The van der Waals surface area contributed by atoms with Crippen LogP contribution in [-0.4, -0.2) is 23.4 Å². The van der Waals surface area contributed by atoms with E-state index in [-0.39, 0.29) is 16.8 Å². The van der Waals surface area contributed by atoms with Gasteiger partial charge in [0, 0.05) is 11.6 Å². The molecule has 26 heavy (non-hydrogen) atoms. The van der Waals surface area contributed by atoms with Gasteiger partial charge in [-0.3, -0.25) is 14.9 Å². The van der Waals surface area contributed by atoms with Crippen molar-refractivity contribution in [3.8, 4) is 0 Å². The first kappa shape index (κ1) is 18.9. The molecule has 0 aliphatic carbocycles. The molecule has 0 spiro atoms. The van der Waals surface area contributed by atoms with Gasteiger partial charge in [-0.2, -0.15) is 0 Å². The molecule has 10 heteroatoms. The van der Waals surface area contributed by atoms with Gasteiger partial charge in [-0.05, 0) is 25.1 Å². The summed E-state index contributed by atoms with van der Waals surface area (Å²) in [5, 5.41) is 12.8. The van der Waals surface area contributed by atoms with Crippen molar-refractivity contribution in [1.82, 2.24) is 0 Å². The average Bonchev–Trinajstić information content (AvgIpc) is 2.60. The second-order valence-electron chi connectivity index (χ2n) is 5.05. The average molecular weight is 368 g/mol. The number of halogens is 3. The number of hydrogen-bond donors (Lipinski definition) is 1. The van der Waals surface area contributed by atoms with Gasteiger partial charge in [0.1, 0.15) is 0 Å². The molecule has 0 aliphatic rings. The lowest BCUT2D eigenvalue weighted by atomic mass is 10.1. The fourth-order valence-corrected chi connectivity index (χ4v) is 2.06. The monoisotopic (exact) mass is 368 g/mol. The Kier molecular flexibility index (Phi) is 5.55. The van der Waals surface area contributed by atoms with E-state index in [1.807, 2.05) is 5.32 Å². The lowest BCUT2D eigenvalue weighted by molar-refractivity contribution is -0.385. The highest BCUT2D eigenvalue weighted by Crippen LogP contribution is 2.22. The molecule has 0 aliphatic heterocycles. The lowest BCUT2D eigenvalue weighted by Gasteiger charge is -2.09. The summed E-state index contributed by atoms with van der Waals surface area (Å²) in [6, 6.07) is 5.17. The van der Waals surface area contributed by atoms with Gasteiger partial charge in [-0.1, -0.05) is 6.07 Å². The minimum Gasteiger partial charge on any atom is -0.452 e. The topological polar surface area (TPSA) is 98.5 Å². The van der Waals surface area contributed by atoms with Crippen molar-refractivity contribution in [2.45, 2.75) is 6.92 Å². The van der Waals surface area contributed by atoms with E-state index < -0.39 is 46.5 Å². The van der Waals surface area contributed by atoms with Crippen LogP contribution in [0.15, 0.2) is 30.3 Å².